The molecule has 0 bridgehead atoms. The third-order valence-electron chi connectivity index (χ3n) is 3.91. The van der Waals surface area contributed by atoms with Crippen LogP contribution < -0.4 is 5.32 Å². The maximum absolute atomic E-state index is 6.14. The molecule has 1 aromatic carbocycles. The molecular formula is C17H14ClN3. The minimum absolute atomic E-state index is 0.147. The molecule has 3 heterocycles. The molecule has 0 saturated heterocycles. The van der Waals surface area contributed by atoms with Crippen LogP contribution in [0.2, 0.25) is 5.02 Å². The molecule has 0 aliphatic carbocycles. The van der Waals surface area contributed by atoms with E-state index in [0.29, 0.717) is 0 Å². The highest BCUT2D eigenvalue weighted by Gasteiger charge is 2.22. The van der Waals surface area contributed by atoms with Crippen LogP contribution in [-0.2, 0) is 6.54 Å². The first-order valence-electron chi connectivity index (χ1n) is 6.92. The van der Waals surface area contributed by atoms with Gasteiger partial charge in [0.25, 0.3) is 0 Å². The summed E-state index contributed by atoms with van der Waals surface area (Å²) >= 11 is 6.14. The van der Waals surface area contributed by atoms with E-state index >= 15 is 0 Å². The Morgan fingerprint density at radius 2 is 2.00 bits per heavy atom. The van der Waals surface area contributed by atoms with E-state index in [1.165, 1.54) is 22.5 Å². The predicted molar refractivity (Wildman–Crippen MR) is 83.7 cm³/mol. The molecule has 104 valence electrons. The summed E-state index contributed by atoms with van der Waals surface area (Å²) in [5, 5.41) is 4.39. The highest BCUT2D eigenvalue weighted by Crippen LogP contribution is 2.31. The Bertz CT molecular complexity index is 780. The molecule has 0 amide bonds. The van der Waals surface area contributed by atoms with Crippen molar-refractivity contribution in [2.24, 2.45) is 0 Å². The van der Waals surface area contributed by atoms with Crippen LogP contribution in [0.1, 0.15) is 22.9 Å². The van der Waals surface area contributed by atoms with Crippen LogP contribution in [0.4, 0.5) is 0 Å². The Balaban J connectivity index is 1.88. The number of aromatic nitrogens is 2. The van der Waals surface area contributed by atoms with Crippen molar-refractivity contribution < 1.29 is 0 Å². The van der Waals surface area contributed by atoms with E-state index in [9.17, 15) is 0 Å². The van der Waals surface area contributed by atoms with Crippen molar-refractivity contribution in [2.45, 2.75) is 12.6 Å². The van der Waals surface area contributed by atoms with Crippen LogP contribution >= 0.6 is 11.6 Å². The Kier molecular flexibility index (Phi) is 3.02. The molecule has 2 aromatic heterocycles. The van der Waals surface area contributed by atoms with Gasteiger partial charge in [0.2, 0.25) is 0 Å². The molecule has 0 radical (unpaired) electrons. The van der Waals surface area contributed by atoms with E-state index < -0.39 is 0 Å². The monoisotopic (exact) mass is 295 g/mol. The summed E-state index contributed by atoms with van der Waals surface area (Å²) in [6.07, 6.45) is 5.77. The van der Waals surface area contributed by atoms with E-state index in [0.717, 1.165) is 11.6 Å². The molecule has 1 aliphatic heterocycles. The van der Waals surface area contributed by atoms with Crippen molar-refractivity contribution in [2.75, 3.05) is 0 Å². The van der Waals surface area contributed by atoms with E-state index in [-0.39, 0.29) is 6.04 Å². The van der Waals surface area contributed by atoms with Gasteiger partial charge in [-0.1, -0.05) is 11.6 Å². The third-order valence-corrected chi connectivity index (χ3v) is 4.15. The lowest BCUT2D eigenvalue weighted by Crippen LogP contribution is -2.21. The number of benzene rings is 1. The van der Waals surface area contributed by atoms with Gasteiger partial charge in [-0.05, 0) is 53.6 Å². The number of halogens is 1. The van der Waals surface area contributed by atoms with Gasteiger partial charge in [0.15, 0.2) is 0 Å². The van der Waals surface area contributed by atoms with Crippen LogP contribution in [0, 0.1) is 0 Å². The van der Waals surface area contributed by atoms with Crippen LogP contribution in [-0.4, -0.2) is 9.55 Å². The highest BCUT2D eigenvalue weighted by molar-refractivity contribution is 6.30. The molecule has 1 aliphatic rings. The molecule has 0 fully saturated rings. The summed E-state index contributed by atoms with van der Waals surface area (Å²) in [6, 6.07) is 14.5. The molecular weight excluding hydrogens is 282 g/mol. The van der Waals surface area contributed by atoms with Crippen LogP contribution in [0.3, 0.4) is 0 Å². The maximum Gasteiger partial charge on any atom is 0.0738 e. The second kappa shape index (κ2) is 5.02. The lowest BCUT2D eigenvalue weighted by molar-refractivity contribution is 0.600. The predicted octanol–water partition coefficient (Wildman–Crippen LogP) is 3.72. The van der Waals surface area contributed by atoms with Crippen molar-refractivity contribution in [3.8, 4) is 5.69 Å². The Hall–Kier alpha value is -2.10. The van der Waals surface area contributed by atoms with Gasteiger partial charge in [0.1, 0.15) is 0 Å². The number of nitrogens with zero attached hydrogens (tertiary/aromatic N) is 2. The quantitative estimate of drug-likeness (QED) is 0.741. The summed E-state index contributed by atoms with van der Waals surface area (Å²) in [5.41, 5.74) is 4.83. The third kappa shape index (κ3) is 2.15. The van der Waals surface area contributed by atoms with Crippen molar-refractivity contribution in [3.63, 3.8) is 0 Å². The first kappa shape index (κ1) is 12.6. The Morgan fingerprint density at radius 1 is 1.14 bits per heavy atom. The first-order valence-corrected chi connectivity index (χ1v) is 7.30. The van der Waals surface area contributed by atoms with Gasteiger partial charge in [-0.3, -0.25) is 4.98 Å². The molecule has 0 spiro atoms. The molecule has 21 heavy (non-hydrogen) atoms. The molecule has 1 unspecified atom stereocenters. The number of hydrogen-bond acceptors (Lipinski definition) is 2. The minimum atomic E-state index is 0.147. The molecule has 4 rings (SSSR count). The van der Waals surface area contributed by atoms with Gasteiger partial charge in [-0.2, -0.15) is 0 Å². The molecule has 4 heteroatoms. The Labute approximate surface area is 128 Å². The topological polar surface area (TPSA) is 29.9 Å². The van der Waals surface area contributed by atoms with E-state index in [4.69, 9.17) is 11.6 Å². The van der Waals surface area contributed by atoms with Crippen LogP contribution in [0.15, 0.2) is 61.1 Å². The summed E-state index contributed by atoms with van der Waals surface area (Å²) in [7, 11) is 0. The number of nitrogens with one attached hydrogen (secondary N) is 1. The zero-order chi connectivity index (χ0) is 14.2. The van der Waals surface area contributed by atoms with Crippen molar-refractivity contribution in [1.82, 2.24) is 14.9 Å². The number of hydrogen-bond donors (Lipinski definition) is 1. The lowest BCUT2D eigenvalue weighted by Gasteiger charge is -2.17. The standard InChI is InChI=1S/C17H14ClN3/c18-14-3-4-15-13(10-14)11-20-17(12-5-7-19-8-6-12)16-2-1-9-21(15)16/h1-10,17,20H,11H2. The fraction of sp³-hybridized carbons (Fsp3) is 0.118. The van der Waals surface area contributed by atoms with E-state index in [1.54, 1.807) is 0 Å². The largest absolute Gasteiger partial charge is 0.319 e. The highest BCUT2D eigenvalue weighted by atomic mass is 35.5. The number of rotatable bonds is 1. The SMILES string of the molecule is Clc1ccc2c(c1)CNC(c1ccncc1)c1cccn1-2. The van der Waals surface area contributed by atoms with E-state index in [1.807, 2.05) is 24.5 Å². The summed E-state index contributed by atoms with van der Waals surface area (Å²) in [5.74, 6) is 0. The minimum Gasteiger partial charge on any atom is -0.319 e. The first-order chi connectivity index (χ1) is 10.3. The fourth-order valence-corrected chi connectivity index (χ4v) is 3.14. The summed E-state index contributed by atoms with van der Waals surface area (Å²) in [6.45, 7) is 0.782. The number of pyridine rings is 1. The average molecular weight is 296 g/mol. The molecule has 3 aromatic rings. The summed E-state index contributed by atoms with van der Waals surface area (Å²) < 4.78 is 2.23. The molecule has 1 atom stereocenters. The Morgan fingerprint density at radius 3 is 2.86 bits per heavy atom. The van der Waals surface area contributed by atoms with Gasteiger partial charge in [-0.25, -0.2) is 0 Å². The van der Waals surface area contributed by atoms with Gasteiger partial charge in [0, 0.05) is 41.5 Å². The lowest BCUT2D eigenvalue weighted by atomic mass is 10.1. The second-order valence-corrected chi connectivity index (χ2v) is 5.61. The van der Waals surface area contributed by atoms with Gasteiger partial charge >= 0.3 is 0 Å². The van der Waals surface area contributed by atoms with Crippen molar-refractivity contribution in [3.05, 3.63) is 82.9 Å². The molecule has 1 N–H and O–H groups in total. The van der Waals surface area contributed by atoms with E-state index in [2.05, 4.69) is 51.4 Å². The zero-order valence-corrected chi connectivity index (χ0v) is 12.1. The summed E-state index contributed by atoms with van der Waals surface area (Å²) in [4.78, 5) is 4.11. The van der Waals surface area contributed by atoms with Crippen LogP contribution in [0.5, 0.6) is 0 Å². The average Bonchev–Trinajstić information content (AvgIpc) is 2.93. The van der Waals surface area contributed by atoms with Crippen LogP contribution in [0.25, 0.3) is 5.69 Å². The molecule has 0 saturated carbocycles. The van der Waals surface area contributed by atoms with Crippen molar-refractivity contribution >= 4 is 11.6 Å². The number of fused-ring (bicyclic) bond motifs is 3. The van der Waals surface area contributed by atoms with Crippen molar-refractivity contribution in [1.29, 1.82) is 0 Å². The van der Waals surface area contributed by atoms with Gasteiger partial charge in [-0.15, -0.1) is 0 Å². The molecule has 3 nitrogen and oxygen atoms in total. The van der Waals surface area contributed by atoms with Gasteiger partial charge < -0.3 is 9.88 Å². The maximum atomic E-state index is 6.14. The second-order valence-electron chi connectivity index (χ2n) is 5.17. The normalized spacial score (nSPS) is 16.9. The fourth-order valence-electron chi connectivity index (χ4n) is 2.94. The smallest absolute Gasteiger partial charge is 0.0738 e. The van der Waals surface area contributed by atoms with Gasteiger partial charge in [0.05, 0.1) is 6.04 Å². The zero-order valence-electron chi connectivity index (χ0n) is 11.3.